The van der Waals surface area contributed by atoms with Crippen molar-refractivity contribution in [3.63, 3.8) is 0 Å². The van der Waals surface area contributed by atoms with Gasteiger partial charge in [-0.15, -0.1) is 11.3 Å². The maximum Gasteiger partial charge on any atom is 0.345 e. The van der Waals surface area contributed by atoms with E-state index in [2.05, 4.69) is 0 Å². The van der Waals surface area contributed by atoms with Crippen molar-refractivity contribution in [2.24, 2.45) is 0 Å². The zero-order valence-corrected chi connectivity index (χ0v) is 12.5. The number of carbonyl (C=O) groups is 1. The first-order chi connectivity index (χ1) is 8.87. The molecule has 0 spiro atoms. The van der Waals surface area contributed by atoms with Gasteiger partial charge in [0.25, 0.3) is 0 Å². The summed E-state index contributed by atoms with van der Waals surface area (Å²) in [6.07, 6.45) is 2.50. The van der Waals surface area contributed by atoms with Gasteiger partial charge in [0.2, 0.25) is 10.0 Å². The molecule has 2 heterocycles. The highest BCUT2D eigenvalue weighted by Crippen LogP contribution is 2.33. The van der Waals surface area contributed by atoms with Crippen LogP contribution in [0.4, 0.5) is 0 Å². The average molecular weight is 303 g/mol. The summed E-state index contributed by atoms with van der Waals surface area (Å²) in [7, 11) is -3.58. The Hall–Kier alpha value is -0.920. The summed E-state index contributed by atoms with van der Waals surface area (Å²) in [5.41, 5.74) is 0. The number of thiophene rings is 1. The first-order valence-electron chi connectivity index (χ1n) is 6.23. The predicted molar refractivity (Wildman–Crippen MR) is 73.1 cm³/mol. The van der Waals surface area contributed by atoms with Gasteiger partial charge in [-0.05, 0) is 32.3 Å². The molecular weight excluding hydrogens is 286 g/mol. The van der Waals surface area contributed by atoms with Gasteiger partial charge in [0.1, 0.15) is 4.88 Å². The van der Waals surface area contributed by atoms with E-state index in [9.17, 15) is 13.2 Å². The van der Waals surface area contributed by atoms with E-state index in [4.69, 9.17) is 5.11 Å². The third-order valence-corrected chi connectivity index (χ3v) is 6.66. The summed E-state index contributed by atoms with van der Waals surface area (Å²) in [5, 5.41) is 10.3. The molecule has 0 aliphatic carbocycles. The van der Waals surface area contributed by atoms with Crippen molar-refractivity contribution < 1.29 is 18.3 Å². The van der Waals surface area contributed by atoms with Crippen LogP contribution in [0, 0.1) is 0 Å². The lowest BCUT2D eigenvalue weighted by atomic mass is 10.2. The van der Waals surface area contributed by atoms with Crippen LogP contribution in [-0.2, 0) is 10.0 Å². The number of carboxylic acid groups (broad SMARTS) is 1. The molecule has 5 nitrogen and oxygen atoms in total. The standard InChI is InChI=1S/C12H17NO4S2/c1-3-9-5-4-8(2)13(9)19(16,17)10-6-11(12(14)15)18-7-10/h6-9H,3-5H2,1-2H3,(H,14,15). The molecule has 1 aromatic heterocycles. The van der Waals surface area contributed by atoms with Crippen LogP contribution >= 0.6 is 11.3 Å². The second-order valence-electron chi connectivity index (χ2n) is 4.78. The lowest BCUT2D eigenvalue weighted by molar-refractivity contribution is 0.0702. The van der Waals surface area contributed by atoms with Gasteiger partial charge in [0, 0.05) is 17.5 Å². The minimum atomic E-state index is -3.58. The van der Waals surface area contributed by atoms with Crippen molar-refractivity contribution in [1.29, 1.82) is 0 Å². The van der Waals surface area contributed by atoms with Crippen LogP contribution in [-0.4, -0.2) is 35.9 Å². The van der Waals surface area contributed by atoms with Gasteiger partial charge >= 0.3 is 5.97 Å². The van der Waals surface area contributed by atoms with Gasteiger partial charge < -0.3 is 5.11 Å². The predicted octanol–water partition coefficient (Wildman–Crippen LogP) is 2.40. The first-order valence-corrected chi connectivity index (χ1v) is 8.55. The van der Waals surface area contributed by atoms with E-state index in [1.807, 2.05) is 13.8 Å². The van der Waals surface area contributed by atoms with Crippen molar-refractivity contribution in [2.75, 3.05) is 0 Å². The zero-order chi connectivity index (χ0) is 14.2. The molecule has 1 saturated heterocycles. The molecule has 2 atom stereocenters. The molecule has 1 aliphatic rings. The number of sulfonamides is 1. The fourth-order valence-electron chi connectivity index (χ4n) is 2.55. The van der Waals surface area contributed by atoms with Gasteiger partial charge in [0.05, 0.1) is 4.90 Å². The summed E-state index contributed by atoms with van der Waals surface area (Å²) in [4.78, 5) is 11.0. The largest absolute Gasteiger partial charge is 0.477 e. The Balaban J connectivity index is 2.38. The summed E-state index contributed by atoms with van der Waals surface area (Å²) in [6, 6.07) is 1.25. The molecule has 1 fully saturated rings. The maximum atomic E-state index is 12.6. The molecule has 19 heavy (non-hydrogen) atoms. The van der Waals surface area contributed by atoms with Crippen molar-refractivity contribution in [2.45, 2.75) is 50.1 Å². The minimum absolute atomic E-state index is 0.0215. The van der Waals surface area contributed by atoms with Gasteiger partial charge in [0.15, 0.2) is 0 Å². The van der Waals surface area contributed by atoms with Crippen molar-refractivity contribution in [3.8, 4) is 0 Å². The summed E-state index contributed by atoms with van der Waals surface area (Å²) in [6.45, 7) is 3.87. The van der Waals surface area contributed by atoms with Crippen molar-refractivity contribution in [3.05, 3.63) is 16.3 Å². The summed E-state index contributed by atoms with van der Waals surface area (Å²) >= 11 is 0.948. The van der Waals surface area contributed by atoms with E-state index in [1.54, 1.807) is 4.31 Å². The lowest BCUT2D eigenvalue weighted by Gasteiger charge is -2.26. The Morgan fingerprint density at radius 3 is 2.74 bits per heavy atom. The third-order valence-electron chi connectivity index (χ3n) is 3.54. The highest BCUT2D eigenvalue weighted by molar-refractivity contribution is 7.89. The third kappa shape index (κ3) is 2.54. The molecule has 1 N–H and O–H groups in total. The molecular formula is C12H17NO4S2. The Kier molecular flexibility index (Phi) is 3.98. The van der Waals surface area contributed by atoms with Gasteiger partial charge in [-0.25, -0.2) is 13.2 Å². The monoisotopic (exact) mass is 303 g/mol. The maximum absolute atomic E-state index is 12.6. The second kappa shape index (κ2) is 5.22. The Morgan fingerprint density at radius 2 is 2.21 bits per heavy atom. The Morgan fingerprint density at radius 1 is 1.53 bits per heavy atom. The summed E-state index contributed by atoms with van der Waals surface area (Å²) in [5.74, 6) is -1.09. The van der Waals surface area contributed by atoms with E-state index >= 15 is 0 Å². The Bertz CT molecular complexity index is 578. The van der Waals surface area contributed by atoms with E-state index < -0.39 is 16.0 Å². The molecule has 106 valence electrons. The van der Waals surface area contributed by atoms with Crippen molar-refractivity contribution in [1.82, 2.24) is 4.31 Å². The number of carboxylic acids is 1. The fourth-order valence-corrected chi connectivity index (χ4v) is 5.60. The van der Waals surface area contributed by atoms with E-state index in [-0.39, 0.29) is 21.9 Å². The first kappa shape index (κ1) is 14.5. The highest BCUT2D eigenvalue weighted by atomic mass is 32.2. The SMILES string of the molecule is CCC1CCC(C)N1S(=O)(=O)c1csc(C(=O)O)c1. The number of nitrogens with zero attached hydrogens (tertiary/aromatic N) is 1. The zero-order valence-electron chi connectivity index (χ0n) is 10.9. The lowest BCUT2D eigenvalue weighted by Crippen LogP contribution is -2.39. The Labute approximate surface area is 116 Å². The van der Waals surface area contributed by atoms with E-state index in [0.717, 1.165) is 30.6 Å². The summed E-state index contributed by atoms with van der Waals surface area (Å²) < 4.78 is 26.7. The molecule has 0 amide bonds. The minimum Gasteiger partial charge on any atom is -0.477 e. The smallest absolute Gasteiger partial charge is 0.345 e. The van der Waals surface area contributed by atoms with Crippen LogP contribution in [0.25, 0.3) is 0 Å². The number of hydrogen-bond acceptors (Lipinski definition) is 4. The number of hydrogen-bond donors (Lipinski definition) is 1. The normalized spacial score (nSPS) is 24.7. The van der Waals surface area contributed by atoms with Gasteiger partial charge in [-0.2, -0.15) is 4.31 Å². The fraction of sp³-hybridized carbons (Fsp3) is 0.583. The van der Waals surface area contributed by atoms with Crippen LogP contribution in [0.5, 0.6) is 0 Å². The van der Waals surface area contributed by atoms with Gasteiger partial charge in [-0.3, -0.25) is 0 Å². The number of rotatable bonds is 4. The quantitative estimate of drug-likeness (QED) is 0.927. The second-order valence-corrected chi connectivity index (χ2v) is 7.53. The molecule has 0 bridgehead atoms. The van der Waals surface area contributed by atoms with E-state index in [1.165, 1.54) is 11.4 Å². The van der Waals surface area contributed by atoms with Gasteiger partial charge in [-0.1, -0.05) is 6.92 Å². The number of aromatic carboxylic acids is 1. The van der Waals surface area contributed by atoms with Crippen LogP contribution in [0.1, 0.15) is 42.8 Å². The molecule has 0 aromatic carbocycles. The molecule has 2 rings (SSSR count). The molecule has 2 unspecified atom stereocenters. The van der Waals surface area contributed by atoms with Crippen molar-refractivity contribution >= 4 is 27.3 Å². The molecule has 1 aliphatic heterocycles. The van der Waals surface area contributed by atoms with Crippen LogP contribution < -0.4 is 0 Å². The topological polar surface area (TPSA) is 74.7 Å². The molecule has 7 heteroatoms. The van der Waals surface area contributed by atoms with Crippen LogP contribution in [0.2, 0.25) is 0 Å². The molecule has 1 aromatic rings. The molecule has 0 saturated carbocycles. The average Bonchev–Trinajstić information content (AvgIpc) is 2.95. The highest BCUT2D eigenvalue weighted by Gasteiger charge is 2.39. The van der Waals surface area contributed by atoms with Crippen LogP contribution in [0.3, 0.4) is 0 Å². The molecule has 0 radical (unpaired) electrons. The van der Waals surface area contributed by atoms with Crippen LogP contribution in [0.15, 0.2) is 16.3 Å². The van der Waals surface area contributed by atoms with E-state index in [0.29, 0.717) is 0 Å².